The van der Waals surface area contributed by atoms with Crippen molar-refractivity contribution in [2.75, 3.05) is 42.8 Å². The summed E-state index contributed by atoms with van der Waals surface area (Å²) >= 11 is 0. The van der Waals surface area contributed by atoms with Gasteiger partial charge in [0.1, 0.15) is 11.6 Å². The van der Waals surface area contributed by atoms with E-state index < -0.39 is 0 Å². The minimum absolute atomic E-state index is 0.0127. The summed E-state index contributed by atoms with van der Waals surface area (Å²) in [7, 11) is 1.71. The predicted octanol–water partition coefficient (Wildman–Crippen LogP) is 1.17. The Balaban J connectivity index is 1.72. The molecule has 2 aromatic rings. The Bertz CT molecular complexity index is 683. The van der Waals surface area contributed by atoms with Crippen molar-refractivity contribution in [1.82, 2.24) is 15.0 Å². The van der Waals surface area contributed by atoms with Gasteiger partial charge in [-0.05, 0) is 19.1 Å². The van der Waals surface area contributed by atoms with Crippen molar-refractivity contribution >= 4 is 17.6 Å². The third kappa shape index (κ3) is 3.65. The van der Waals surface area contributed by atoms with E-state index in [1.54, 1.807) is 13.3 Å². The number of pyridine rings is 1. The lowest BCUT2D eigenvalue weighted by molar-refractivity contribution is 0.113. The van der Waals surface area contributed by atoms with Crippen LogP contribution in [0.3, 0.4) is 0 Å². The number of nitrogen functional groups attached to an aromatic ring is 1. The molecule has 1 aliphatic heterocycles. The number of methoxy groups -OCH3 is 1. The van der Waals surface area contributed by atoms with Gasteiger partial charge in [0.2, 0.25) is 11.8 Å². The lowest BCUT2D eigenvalue weighted by Crippen LogP contribution is -2.33. The fraction of sp³-hybridized carbons (Fsp3) is 0.438. The van der Waals surface area contributed by atoms with Crippen LogP contribution < -0.4 is 20.7 Å². The molecule has 0 unspecified atom stereocenters. The first-order chi connectivity index (χ1) is 11.7. The molecule has 24 heavy (non-hydrogen) atoms. The van der Waals surface area contributed by atoms with Crippen LogP contribution in [0.5, 0.6) is 5.88 Å². The summed E-state index contributed by atoms with van der Waals surface area (Å²) in [4.78, 5) is 14.8. The number of rotatable bonds is 6. The first kappa shape index (κ1) is 16.3. The maximum atomic E-state index is 5.68. The van der Waals surface area contributed by atoms with Gasteiger partial charge in [-0.1, -0.05) is 6.07 Å². The van der Waals surface area contributed by atoms with Crippen LogP contribution in [0.15, 0.2) is 30.5 Å². The molecule has 8 nitrogen and oxygen atoms in total. The van der Waals surface area contributed by atoms with Gasteiger partial charge in [-0.25, -0.2) is 4.98 Å². The lowest BCUT2D eigenvalue weighted by Gasteiger charge is -2.19. The van der Waals surface area contributed by atoms with E-state index >= 15 is 0 Å². The zero-order valence-electron chi connectivity index (χ0n) is 13.8. The van der Waals surface area contributed by atoms with Crippen molar-refractivity contribution in [3.63, 3.8) is 0 Å². The smallest absolute Gasteiger partial charge is 0.221 e. The number of aromatic nitrogens is 3. The van der Waals surface area contributed by atoms with E-state index in [0.29, 0.717) is 12.5 Å². The average Bonchev–Trinajstić information content (AvgIpc) is 2.98. The molecule has 0 aromatic carbocycles. The van der Waals surface area contributed by atoms with Gasteiger partial charge < -0.3 is 25.4 Å². The van der Waals surface area contributed by atoms with E-state index in [0.717, 1.165) is 24.7 Å². The summed E-state index contributed by atoms with van der Waals surface area (Å²) < 4.78 is 11.1. The van der Waals surface area contributed by atoms with Crippen LogP contribution in [0.2, 0.25) is 0 Å². The van der Waals surface area contributed by atoms with E-state index in [4.69, 9.17) is 15.2 Å². The topological polar surface area (TPSA) is 98.4 Å². The molecule has 0 spiro atoms. The van der Waals surface area contributed by atoms with Gasteiger partial charge in [-0.3, -0.25) is 0 Å². The van der Waals surface area contributed by atoms with Gasteiger partial charge in [0, 0.05) is 32.5 Å². The monoisotopic (exact) mass is 330 g/mol. The van der Waals surface area contributed by atoms with Gasteiger partial charge in [0.25, 0.3) is 0 Å². The highest BCUT2D eigenvalue weighted by atomic mass is 16.5. The van der Waals surface area contributed by atoms with Crippen LogP contribution in [0.4, 0.5) is 17.6 Å². The molecule has 0 amide bonds. The highest BCUT2D eigenvalue weighted by Gasteiger charge is 2.34. The Morgan fingerprint density at radius 1 is 1.29 bits per heavy atom. The Hall–Kier alpha value is -2.61. The van der Waals surface area contributed by atoms with Crippen molar-refractivity contribution in [3.05, 3.63) is 30.5 Å². The molecule has 3 N–H and O–H groups in total. The number of hydrogen-bond donors (Lipinski definition) is 2. The van der Waals surface area contributed by atoms with Gasteiger partial charge in [0.05, 0.1) is 18.8 Å². The maximum absolute atomic E-state index is 5.68. The Labute approximate surface area is 141 Å². The van der Waals surface area contributed by atoms with Gasteiger partial charge >= 0.3 is 0 Å². The molecule has 2 aromatic heterocycles. The van der Waals surface area contributed by atoms with Crippen molar-refractivity contribution in [3.8, 4) is 5.88 Å². The van der Waals surface area contributed by atoms with E-state index in [2.05, 4.69) is 25.2 Å². The molecule has 0 aliphatic carbocycles. The number of anilines is 3. The summed E-state index contributed by atoms with van der Waals surface area (Å²) in [5.41, 5.74) is 5.68. The molecule has 0 saturated carbocycles. The molecule has 1 aliphatic rings. The first-order valence-corrected chi connectivity index (χ1v) is 7.92. The van der Waals surface area contributed by atoms with Crippen LogP contribution in [-0.2, 0) is 4.74 Å². The highest BCUT2D eigenvalue weighted by Crippen LogP contribution is 2.23. The van der Waals surface area contributed by atoms with Gasteiger partial charge in [0.15, 0.2) is 0 Å². The minimum atomic E-state index is 0.0127. The van der Waals surface area contributed by atoms with Crippen LogP contribution in [0.1, 0.15) is 6.92 Å². The lowest BCUT2D eigenvalue weighted by atomic mass is 10.2. The van der Waals surface area contributed by atoms with Gasteiger partial charge in [-0.2, -0.15) is 9.97 Å². The Morgan fingerprint density at radius 2 is 2.17 bits per heavy atom. The molecule has 0 radical (unpaired) electrons. The second-order valence-corrected chi connectivity index (χ2v) is 5.50. The molecule has 3 rings (SSSR count). The van der Waals surface area contributed by atoms with Crippen molar-refractivity contribution in [2.45, 2.75) is 19.1 Å². The molecular formula is C16H22N6O2. The third-order valence-electron chi connectivity index (χ3n) is 3.90. The van der Waals surface area contributed by atoms with Crippen LogP contribution in [-0.4, -0.2) is 53.9 Å². The fourth-order valence-corrected chi connectivity index (χ4v) is 2.79. The first-order valence-electron chi connectivity index (χ1n) is 7.92. The molecule has 1 fully saturated rings. The van der Waals surface area contributed by atoms with E-state index in [1.807, 2.05) is 31.2 Å². The zero-order chi connectivity index (χ0) is 16.9. The number of ether oxygens (including phenoxy) is 2. The quantitative estimate of drug-likeness (QED) is 0.814. The largest absolute Gasteiger partial charge is 0.478 e. The van der Waals surface area contributed by atoms with E-state index in [1.165, 1.54) is 0 Å². The molecule has 1 saturated heterocycles. The molecule has 2 atom stereocenters. The summed E-state index contributed by atoms with van der Waals surface area (Å²) in [5, 5.41) is 3.42. The zero-order valence-corrected chi connectivity index (χ0v) is 13.8. The highest BCUT2D eigenvalue weighted by molar-refractivity contribution is 5.46. The standard InChI is InChI=1S/C16H22N6O2/c1-3-24-15-6-4-5-13(20-15)19-11-9-22(10-12(11)23-2)14-7-8-18-16(17)21-14/h4-8,11-12H,3,9-10H2,1-2H3,(H,19,20)(H2,17,18,21)/t11-,12+/m1/s1. The second-order valence-electron chi connectivity index (χ2n) is 5.50. The Morgan fingerprint density at radius 3 is 2.92 bits per heavy atom. The minimum Gasteiger partial charge on any atom is -0.478 e. The molecule has 0 bridgehead atoms. The molecule has 8 heteroatoms. The SMILES string of the molecule is CCOc1cccc(N[C@@H]2CN(c3ccnc(N)n3)C[C@@H]2OC)n1. The molecular weight excluding hydrogens is 308 g/mol. The maximum Gasteiger partial charge on any atom is 0.221 e. The third-order valence-corrected chi connectivity index (χ3v) is 3.90. The van der Waals surface area contributed by atoms with Gasteiger partial charge in [-0.15, -0.1) is 0 Å². The number of hydrogen-bond acceptors (Lipinski definition) is 8. The van der Waals surface area contributed by atoms with Crippen LogP contribution in [0, 0.1) is 0 Å². The van der Waals surface area contributed by atoms with Crippen LogP contribution in [0.25, 0.3) is 0 Å². The normalized spacial score (nSPS) is 20.2. The summed E-state index contributed by atoms with van der Waals surface area (Å²) in [6.45, 7) is 3.97. The van der Waals surface area contributed by atoms with Crippen LogP contribution >= 0.6 is 0 Å². The summed E-state index contributed by atoms with van der Waals surface area (Å²) in [6.07, 6.45) is 1.67. The summed E-state index contributed by atoms with van der Waals surface area (Å²) in [6, 6.07) is 7.60. The van der Waals surface area contributed by atoms with Crippen molar-refractivity contribution in [1.29, 1.82) is 0 Å². The molecule has 3 heterocycles. The second kappa shape index (κ2) is 7.31. The fourth-order valence-electron chi connectivity index (χ4n) is 2.79. The number of nitrogens with one attached hydrogen (secondary N) is 1. The number of nitrogens with zero attached hydrogens (tertiary/aromatic N) is 4. The van der Waals surface area contributed by atoms with E-state index in [-0.39, 0.29) is 18.1 Å². The average molecular weight is 330 g/mol. The molecule has 128 valence electrons. The van der Waals surface area contributed by atoms with Crippen molar-refractivity contribution < 1.29 is 9.47 Å². The van der Waals surface area contributed by atoms with Crippen molar-refractivity contribution in [2.24, 2.45) is 0 Å². The number of nitrogens with two attached hydrogens (primary N) is 1. The predicted molar refractivity (Wildman–Crippen MR) is 92.3 cm³/mol. The Kier molecular flexibility index (Phi) is 4.95. The summed E-state index contributed by atoms with van der Waals surface area (Å²) in [5.74, 6) is 2.43. The van der Waals surface area contributed by atoms with E-state index in [9.17, 15) is 0 Å².